The molecule has 1 atom stereocenters. The van der Waals surface area contributed by atoms with Gasteiger partial charge in [-0.3, -0.25) is 4.79 Å². The summed E-state index contributed by atoms with van der Waals surface area (Å²) in [6.45, 7) is 0.485. The first-order chi connectivity index (χ1) is 9.19. The number of amides is 1. The third-order valence-electron chi connectivity index (χ3n) is 2.96. The molecule has 104 valence electrons. The number of ether oxygens (including phenoxy) is 4. The third kappa shape index (κ3) is 2.73. The summed E-state index contributed by atoms with van der Waals surface area (Å²) in [4.78, 5) is 11.1. The van der Waals surface area contributed by atoms with Crippen molar-refractivity contribution in [3.63, 3.8) is 0 Å². The molecule has 0 spiro atoms. The SMILES string of the molecule is COc1cc([C@H]2CNC(=O)CO2)cc(OC)c1OC. The van der Waals surface area contributed by atoms with Crippen LogP contribution in [-0.2, 0) is 9.53 Å². The maximum atomic E-state index is 11.1. The first-order valence-electron chi connectivity index (χ1n) is 5.87. The van der Waals surface area contributed by atoms with Crippen LogP contribution < -0.4 is 19.5 Å². The van der Waals surface area contributed by atoms with Crippen LogP contribution >= 0.6 is 0 Å². The Kier molecular flexibility index (Phi) is 4.11. The van der Waals surface area contributed by atoms with Gasteiger partial charge in [-0.2, -0.15) is 0 Å². The minimum atomic E-state index is -0.216. The summed E-state index contributed by atoms with van der Waals surface area (Å²) in [5.41, 5.74) is 0.870. The standard InChI is InChI=1S/C13H17NO5/c1-16-9-4-8(5-10(17-2)13(9)18-3)11-6-14-12(15)7-19-11/h4-5,11H,6-7H2,1-3H3,(H,14,15)/t11-/m1/s1. The molecule has 1 N–H and O–H groups in total. The van der Waals surface area contributed by atoms with Crippen molar-refractivity contribution in [3.05, 3.63) is 17.7 Å². The molecule has 6 heteroatoms. The molecule has 19 heavy (non-hydrogen) atoms. The van der Waals surface area contributed by atoms with Gasteiger partial charge in [0, 0.05) is 6.54 Å². The lowest BCUT2D eigenvalue weighted by Crippen LogP contribution is -2.38. The monoisotopic (exact) mass is 267 g/mol. The Labute approximate surface area is 111 Å². The lowest BCUT2D eigenvalue weighted by atomic mass is 10.1. The number of morpholine rings is 1. The van der Waals surface area contributed by atoms with E-state index in [2.05, 4.69) is 5.32 Å². The minimum absolute atomic E-state index is 0.0569. The molecule has 1 aliphatic heterocycles. The van der Waals surface area contributed by atoms with Gasteiger partial charge in [-0.05, 0) is 17.7 Å². The van der Waals surface area contributed by atoms with Gasteiger partial charge in [0.05, 0.1) is 21.3 Å². The topological polar surface area (TPSA) is 66.0 Å². The molecule has 6 nitrogen and oxygen atoms in total. The number of hydrogen-bond donors (Lipinski definition) is 1. The molecular weight excluding hydrogens is 250 g/mol. The van der Waals surface area contributed by atoms with Crippen molar-refractivity contribution in [1.29, 1.82) is 0 Å². The molecule has 0 aromatic heterocycles. The van der Waals surface area contributed by atoms with Crippen molar-refractivity contribution in [2.45, 2.75) is 6.10 Å². The number of hydrogen-bond acceptors (Lipinski definition) is 5. The Bertz CT molecular complexity index is 439. The van der Waals surface area contributed by atoms with Crippen molar-refractivity contribution >= 4 is 5.91 Å². The average Bonchev–Trinajstić information content (AvgIpc) is 2.46. The van der Waals surface area contributed by atoms with Crippen LogP contribution in [0.25, 0.3) is 0 Å². The number of carbonyl (C=O) groups excluding carboxylic acids is 1. The van der Waals surface area contributed by atoms with Gasteiger partial charge in [-0.1, -0.05) is 0 Å². The Morgan fingerprint density at radius 1 is 1.16 bits per heavy atom. The highest BCUT2D eigenvalue weighted by Gasteiger charge is 2.23. The largest absolute Gasteiger partial charge is 0.493 e. The summed E-state index contributed by atoms with van der Waals surface area (Å²) >= 11 is 0. The van der Waals surface area contributed by atoms with E-state index in [-0.39, 0.29) is 18.6 Å². The second-order valence-corrected chi connectivity index (χ2v) is 4.06. The second-order valence-electron chi connectivity index (χ2n) is 4.06. The summed E-state index contributed by atoms with van der Waals surface area (Å²) in [5.74, 6) is 1.56. The zero-order chi connectivity index (χ0) is 13.8. The molecule has 0 bridgehead atoms. The first-order valence-corrected chi connectivity index (χ1v) is 5.87. The molecule has 0 unspecified atom stereocenters. The van der Waals surface area contributed by atoms with E-state index in [1.165, 1.54) is 0 Å². The minimum Gasteiger partial charge on any atom is -0.493 e. The van der Waals surface area contributed by atoms with E-state index in [1.54, 1.807) is 21.3 Å². The van der Waals surface area contributed by atoms with Crippen LogP contribution in [0.15, 0.2) is 12.1 Å². The molecule has 1 aromatic rings. The van der Waals surface area contributed by atoms with E-state index in [0.29, 0.717) is 23.8 Å². The Morgan fingerprint density at radius 2 is 1.79 bits per heavy atom. The zero-order valence-electron chi connectivity index (χ0n) is 11.2. The molecule has 1 amide bonds. The highest BCUT2D eigenvalue weighted by atomic mass is 16.5. The van der Waals surface area contributed by atoms with Crippen molar-refractivity contribution in [3.8, 4) is 17.2 Å². The van der Waals surface area contributed by atoms with Gasteiger partial charge in [-0.25, -0.2) is 0 Å². The number of benzene rings is 1. The van der Waals surface area contributed by atoms with E-state index in [1.807, 2.05) is 12.1 Å². The molecule has 2 rings (SSSR count). The smallest absolute Gasteiger partial charge is 0.246 e. The molecule has 0 radical (unpaired) electrons. The number of methoxy groups -OCH3 is 3. The van der Waals surface area contributed by atoms with Crippen LogP contribution in [-0.4, -0.2) is 40.4 Å². The van der Waals surface area contributed by atoms with Crippen LogP contribution in [0.2, 0.25) is 0 Å². The normalized spacial score (nSPS) is 18.7. The Morgan fingerprint density at radius 3 is 2.21 bits per heavy atom. The van der Waals surface area contributed by atoms with Gasteiger partial charge in [0.1, 0.15) is 12.7 Å². The predicted octanol–water partition coefficient (Wildman–Crippen LogP) is 0.900. The number of nitrogens with one attached hydrogen (secondary N) is 1. The van der Waals surface area contributed by atoms with Crippen LogP contribution in [0.3, 0.4) is 0 Å². The van der Waals surface area contributed by atoms with Gasteiger partial charge in [0.15, 0.2) is 11.5 Å². The number of carbonyl (C=O) groups is 1. The fraction of sp³-hybridized carbons (Fsp3) is 0.462. The second kappa shape index (κ2) is 5.79. The van der Waals surface area contributed by atoms with Crippen molar-refractivity contribution < 1.29 is 23.7 Å². The van der Waals surface area contributed by atoms with E-state index in [9.17, 15) is 4.79 Å². The van der Waals surface area contributed by atoms with Gasteiger partial charge in [0.2, 0.25) is 11.7 Å². The van der Waals surface area contributed by atoms with Gasteiger partial charge in [-0.15, -0.1) is 0 Å². The fourth-order valence-electron chi connectivity index (χ4n) is 1.99. The summed E-state index contributed by atoms with van der Waals surface area (Å²) in [6, 6.07) is 3.65. The van der Waals surface area contributed by atoms with Crippen LogP contribution in [0.5, 0.6) is 17.2 Å². The van der Waals surface area contributed by atoms with Crippen molar-refractivity contribution in [2.75, 3.05) is 34.5 Å². The lowest BCUT2D eigenvalue weighted by Gasteiger charge is -2.24. The third-order valence-corrected chi connectivity index (χ3v) is 2.96. The molecule has 1 fully saturated rings. The van der Waals surface area contributed by atoms with Crippen LogP contribution in [0.4, 0.5) is 0 Å². The van der Waals surface area contributed by atoms with E-state index < -0.39 is 0 Å². The van der Waals surface area contributed by atoms with Gasteiger partial charge < -0.3 is 24.3 Å². The van der Waals surface area contributed by atoms with Crippen molar-refractivity contribution in [2.24, 2.45) is 0 Å². The highest BCUT2D eigenvalue weighted by molar-refractivity contribution is 5.77. The van der Waals surface area contributed by atoms with Crippen LogP contribution in [0, 0.1) is 0 Å². The summed E-state index contributed by atoms with van der Waals surface area (Å²) in [6.07, 6.45) is -0.216. The van der Waals surface area contributed by atoms with Crippen molar-refractivity contribution in [1.82, 2.24) is 5.32 Å². The molecule has 1 saturated heterocycles. The molecule has 1 heterocycles. The lowest BCUT2D eigenvalue weighted by molar-refractivity contribution is -0.133. The van der Waals surface area contributed by atoms with Gasteiger partial charge >= 0.3 is 0 Å². The average molecular weight is 267 g/mol. The van der Waals surface area contributed by atoms with Crippen LogP contribution in [0.1, 0.15) is 11.7 Å². The summed E-state index contributed by atoms with van der Waals surface area (Å²) < 4.78 is 21.3. The maximum Gasteiger partial charge on any atom is 0.246 e. The Balaban J connectivity index is 2.33. The first kappa shape index (κ1) is 13.5. The van der Waals surface area contributed by atoms with Gasteiger partial charge in [0.25, 0.3) is 0 Å². The predicted molar refractivity (Wildman–Crippen MR) is 67.8 cm³/mol. The molecule has 0 aliphatic carbocycles. The summed E-state index contributed by atoms with van der Waals surface area (Å²) in [7, 11) is 4.67. The van der Waals surface area contributed by atoms with E-state index in [0.717, 1.165) is 5.56 Å². The molecule has 1 aromatic carbocycles. The molecule has 0 saturated carbocycles. The quantitative estimate of drug-likeness (QED) is 0.878. The van der Waals surface area contributed by atoms with E-state index in [4.69, 9.17) is 18.9 Å². The maximum absolute atomic E-state index is 11.1. The highest BCUT2D eigenvalue weighted by Crippen LogP contribution is 2.40. The van der Waals surface area contributed by atoms with E-state index >= 15 is 0 Å². The molecular formula is C13H17NO5. The number of rotatable bonds is 4. The zero-order valence-corrected chi connectivity index (χ0v) is 11.2. The summed E-state index contributed by atoms with van der Waals surface area (Å²) in [5, 5.41) is 2.76. The Hall–Kier alpha value is -1.95. The molecule has 1 aliphatic rings. The fourth-order valence-corrected chi connectivity index (χ4v) is 1.99.